The van der Waals surface area contributed by atoms with E-state index in [2.05, 4.69) is 21.4 Å². The Labute approximate surface area is 202 Å². The number of nitriles is 1. The van der Waals surface area contributed by atoms with E-state index >= 15 is 0 Å². The van der Waals surface area contributed by atoms with Gasteiger partial charge in [0.2, 0.25) is 11.8 Å². The fourth-order valence-electron chi connectivity index (χ4n) is 4.35. The minimum atomic E-state index is -0.661. The summed E-state index contributed by atoms with van der Waals surface area (Å²) < 4.78 is 6.01. The van der Waals surface area contributed by atoms with Crippen molar-refractivity contribution in [1.82, 2.24) is 20.2 Å². The van der Waals surface area contributed by atoms with E-state index in [4.69, 9.17) is 10.00 Å². The van der Waals surface area contributed by atoms with Gasteiger partial charge in [0.15, 0.2) is 5.69 Å². The number of ether oxygens (including phenoxy) is 1. The van der Waals surface area contributed by atoms with Crippen molar-refractivity contribution in [2.45, 2.75) is 37.8 Å². The Bertz CT molecular complexity index is 1290. The lowest BCUT2D eigenvalue weighted by Gasteiger charge is -2.34. The Morgan fingerprint density at radius 1 is 1.03 bits per heavy atom. The Hall–Kier alpha value is -4.19. The molecule has 2 heterocycles. The number of hydrogen-bond donors (Lipinski definition) is 2. The molecule has 1 saturated heterocycles. The van der Waals surface area contributed by atoms with Gasteiger partial charge in [-0.25, -0.2) is 9.97 Å². The van der Waals surface area contributed by atoms with Gasteiger partial charge in [-0.05, 0) is 55.2 Å². The molecule has 1 saturated carbocycles. The molecule has 9 heteroatoms. The number of amides is 2. The lowest BCUT2D eigenvalue weighted by atomic mass is 10.0. The zero-order chi connectivity index (χ0) is 24.4. The molecule has 35 heavy (non-hydrogen) atoms. The van der Waals surface area contributed by atoms with Crippen LogP contribution in [0.2, 0.25) is 0 Å². The number of para-hydroxylation sites is 2. The predicted octanol–water partition coefficient (Wildman–Crippen LogP) is 2.79. The van der Waals surface area contributed by atoms with Crippen molar-refractivity contribution in [1.29, 1.82) is 5.26 Å². The van der Waals surface area contributed by atoms with Crippen LogP contribution in [0.3, 0.4) is 0 Å². The van der Waals surface area contributed by atoms with Crippen molar-refractivity contribution < 1.29 is 19.4 Å². The number of aromatic hydroxyl groups is 1. The van der Waals surface area contributed by atoms with E-state index in [-0.39, 0.29) is 23.6 Å². The maximum absolute atomic E-state index is 13.3. The fourth-order valence-corrected chi connectivity index (χ4v) is 4.35. The molecule has 3 aromatic rings. The van der Waals surface area contributed by atoms with E-state index in [9.17, 15) is 14.7 Å². The number of benzene rings is 2. The molecule has 0 radical (unpaired) electrons. The van der Waals surface area contributed by atoms with Crippen LogP contribution in [-0.4, -0.2) is 57.0 Å². The monoisotopic (exact) mass is 471 g/mol. The van der Waals surface area contributed by atoms with Crippen molar-refractivity contribution in [3.63, 3.8) is 0 Å². The smallest absolute Gasteiger partial charge is 0.276 e. The van der Waals surface area contributed by atoms with Crippen molar-refractivity contribution in [2.24, 2.45) is 5.92 Å². The normalized spacial score (nSPS) is 16.9. The summed E-state index contributed by atoms with van der Waals surface area (Å²) in [4.78, 5) is 36.4. The van der Waals surface area contributed by atoms with Gasteiger partial charge in [0.25, 0.3) is 5.91 Å². The molecular formula is C26H25N5O4. The third-order valence-electron chi connectivity index (χ3n) is 6.45. The second kappa shape index (κ2) is 9.58. The highest BCUT2D eigenvalue weighted by atomic mass is 16.5. The van der Waals surface area contributed by atoms with Gasteiger partial charge in [-0.1, -0.05) is 12.1 Å². The lowest BCUT2D eigenvalue weighted by molar-refractivity contribution is -0.135. The van der Waals surface area contributed by atoms with Gasteiger partial charge in [-0.2, -0.15) is 5.26 Å². The number of hydrogen-bond acceptors (Lipinski definition) is 7. The van der Waals surface area contributed by atoms with Crippen LogP contribution in [0.1, 0.15) is 41.7 Å². The zero-order valence-electron chi connectivity index (χ0n) is 19.1. The average molecular weight is 472 g/mol. The number of carbonyl (C=O) groups excluding carboxylic acids is 2. The molecule has 1 atom stereocenters. The SMILES string of the molecule is N#Cc1ccc(OC2CCN(C(=O)[C@@H](NC(=O)c3nc4ccccc4nc3O)C3CC3)CC2)cc1. The van der Waals surface area contributed by atoms with Crippen LogP contribution in [-0.2, 0) is 4.79 Å². The van der Waals surface area contributed by atoms with E-state index < -0.39 is 17.8 Å². The molecule has 2 aromatic carbocycles. The van der Waals surface area contributed by atoms with E-state index in [0.717, 1.165) is 12.8 Å². The molecule has 1 aliphatic heterocycles. The molecule has 0 spiro atoms. The van der Waals surface area contributed by atoms with Gasteiger partial charge in [-0.3, -0.25) is 9.59 Å². The van der Waals surface area contributed by atoms with Crippen molar-refractivity contribution >= 4 is 22.8 Å². The lowest BCUT2D eigenvalue weighted by Crippen LogP contribution is -2.52. The van der Waals surface area contributed by atoms with E-state index in [0.29, 0.717) is 48.3 Å². The number of nitrogens with one attached hydrogen (secondary N) is 1. The van der Waals surface area contributed by atoms with Crippen LogP contribution in [0.25, 0.3) is 11.0 Å². The topological polar surface area (TPSA) is 128 Å². The number of rotatable bonds is 6. The second-order valence-electron chi connectivity index (χ2n) is 8.95. The van der Waals surface area contributed by atoms with Crippen LogP contribution < -0.4 is 10.1 Å². The third-order valence-corrected chi connectivity index (χ3v) is 6.45. The largest absolute Gasteiger partial charge is 0.492 e. The van der Waals surface area contributed by atoms with Crippen molar-refractivity contribution in [2.75, 3.05) is 13.1 Å². The van der Waals surface area contributed by atoms with Gasteiger partial charge >= 0.3 is 0 Å². The van der Waals surface area contributed by atoms with Crippen LogP contribution in [0.4, 0.5) is 0 Å². The predicted molar refractivity (Wildman–Crippen MR) is 127 cm³/mol. The molecule has 5 rings (SSSR count). The first-order chi connectivity index (χ1) is 17.0. The minimum absolute atomic E-state index is 0.0224. The van der Waals surface area contributed by atoms with Crippen LogP contribution in [0.5, 0.6) is 11.6 Å². The van der Waals surface area contributed by atoms with Gasteiger partial charge in [0.05, 0.1) is 22.7 Å². The Morgan fingerprint density at radius 2 is 1.69 bits per heavy atom. The molecule has 178 valence electrons. The van der Waals surface area contributed by atoms with Crippen molar-refractivity contribution in [3.05, 3.63) is 59.8 Å². The third kappa shape index (κ3) is 5.01. The first-order valence-corrected chi connectivity index (χ1v) is 11.7. The summed E-state index contributed by atoms with van der Waals surface area (Å²) in [6.45, 7) is 1.06. The summed E-state index contributed by atoms with van der Waals surface area (Å²) >= 11 is 0. The van der Waals surface area contributed by atoms with E-state index in [1.54, 1.807) is 53.4 Å². The zero-order valence-corrected chi connectivity index (χ0v) is 19.1. The summed E-state index contributed by atoms with van der Waals surface area (Å²) in [7, 11) is 0. The first-order valence-electron chi connectivity index (χ1n) is 11.7. The number of nitrogens with zero attached hydrogens (tertiary/aromatic N) is 4. The summed E-state index contributed by atoms with van der Waals surface area (Å²) in [5, 5.41) is 22.0. The molecule has 0 unspecified atom stereocenters. The maximum atomic E-state index is 13.3. The van der Waals surface area contributed by atoms with Crippen LogP contribution in [0, 0.1) is 17.2 Å². The maximum Gasteiger partial charge on any atom is 0.276 e. The van der Waals surface area contributed by atoms with Gasteiger partial charge in [0, 0.05) is 25.9 Å². The number of likely N-dealkylation sites (tertiary alicyclic amines) is 1. The number of fused-ring (bicyclic) bond motifs is 1. The van der Waals surface area contributed by atoms with Crippen molar-refractivity contribution in [3.8, 4) is 17.7 Å². The summed E-state index contributed by atoms with van der Waals surface area (Å²) in [5.41, 5.74) is 1.38. The number of carbonyl (C=O) groups is 2. The van der Waals surface area contributed by atoms with E-state index in [1.807, 2.05) is 0 Å². The molecule has 2 amide bonds. The number of piperidine rings is 1. The molecule has 2 N–H and O–H groups in total. The summed E-state index contributed by atoms with van der Waals surface area (Å²) in [6, 6.07) is 15.4. The highest BCUT2D eigenvalue weighted by Crippen LogP contribution is 2.34. The van der Waals surface area contributed by atoms with Crippen LogP contribution in [0.15, 0.2) is 48.5 Å². The summed E-state index contributed by atoms with van der Waals surface area (Å²) in [5.74, 6) is -0.400. The highest BCUT2D eigenvalue weighted by molar-refractivity contribution is 5.99. The summed E-state index contributed by atoms with van der Waals surface area (Å²) in [6.07, 6.45) is 3.06. The van der Waals surface area contributed by atoms with Gasteiger partial charge < -0.3 is 20.1 Å². The van der Waals surface area contributed by atoms with Gasteiger partial charge in [0.1, 0.15) is 17.9 Å². The minimum Gasteiger partial charge on any atom is -0.492 e. The second-order valence-corrected chi connectivity index (χ2v) is 8.95. The quantitative estimate of drug-likeness (QED) is 0.566. The Kier molecular flexibility index (Phi) is 6.19. The molecule has 1 aromatic heterocycles. The number of aromatic nitrogens is 2. The highest BCUT2D eigenvalue weighted by Gasteiger charge is 2.41. The van der Waals surface area contributed by atoms with Crippen LogP contribution >= 0.6 is 0 Å². The molecule has 2 aliphatic rings. The first kappa shape index (κ1) is 22.6. The molecule has 9 nitrogen and oxygen atoms in total. The Balaban J connectivity index is 1.21. The standard InChI is InChI=1S/C26H25N5O4/c27-15-16-5-9-18(10-6-16)35-19-11-13-31(14-12-19)26(34)22(17-7-8-17)30-25(33)23-24(32)29-21-4-2-1-3-20(21)28-23/h1-6,9-10,17,19,22H,7-8,11-14H2,(H,29,32)(H,30,33)/t22-/m0/s1. The Morgan fingerprint density at radius 3 is 2.31 bits per heavy atom. The molecular weight excluding hydrogens is 446 g/mol. The fraction of sp³-hybridized carbons (Fsp3) is 0.346. The molecule has 0 bridgehead atoms. The van der Waals surface area contributed by atoms with E-state index in [1.165, 1.54) is 0 Å². The molecule has 1 aliphatic carbocycles. The average Bonchev–Trinajstić information content (AvgIpc) is 3.73. The van der Waals surface area contributed by atoms with Gasteiger partial charge in [-0.15, -0.1) is 0 Å². The molecule has 2 fully saturated rings.